The van der Waals surface area contributed by atoms with Gasteiger partial charge in [-0.15, -0.1) is 0 Å². The highest BCUT2D eigenvalue weighted by Crippen LogP contribution is 2.27. The number of benzene rings is 1. The highest BCUT2D eigenvalue weighted by Gasteiger charge is 2.19. The number of nitrogen functional groups attached to an aromatic ring is 1. The molecule has 0 spiro atoms. The number of rotatable bonds is 1. The van der Waals surface area contributed by atoms with Gasteiger partial charge in [0, 0.05) is 19.1 Å². The highest BCUT2D eigenvalue weighted by atomic mass is 15.0. The van der Waals surface area contributed by atoms with Gasteiger partial charge >= 0.3 is 0 Å². The van der Waals surface area contributed by atoms with Crippen molar-refractivity contribution in [3.05, 3.63) is 23.8 Å². The summed E-state index contributed by atoms with van der Waals surface area (Å²) in [7, 11) is 0. The van der Waals surface area contributed by atoms with E-state index in [1.807, 2.05) is 12.1 Å². The summed E-state index contributed by atoms with van der Waals surface area (Å²) in [6, 6.07) is 6.53. The van der Waals surface area contributed by atoms with E-state index in [0.717, 1.165) is 24.5 Å². The fraction of sp³-hybridized carbons (Fsp3) is 0.500. The highest BCUT2D eigenvalue weighted by molar-refractivity contribution is 5.71. The number of para-hydroxylation sites is 1. The molecular formula is C12H19N3. The maximum absolute atomic E-state index is 5.98. The van der Waals surface area contributed by atoms with Gasteiger partial charge in [-0.3, -0.25) is 0 Å². The second-order valence-corrected chi connectivity index (χ2v) is 4.51. The van der Waals surface area contributed by atoms with Gasteiger partial charge in [0.1, 0.15) is 0 Å². The van der Waals surface area contributed by atoms with Gasteiger partial charge in [0.15, 0.2) is 0 Å². The number of hydrogen-bond donors (Lipinski definition) is 3. The molecule has 1 atom stereocenters. The van der Waals surface area contributed by atoms with Crippen LogP contribution in [0.4, 0.5) is 11.4 Å². The summed E-state index contributed by atoms with van der Waals surface area (Å²) < 4.78 is 0. The first kappa shape index (κ1) is 10.3. The van der Waals surface area contributed by atoms with Crippen LogP contribution in [0.25, 0.3) is 0 Å². The summed E-state index contributed by atoms with van der Waals surface area (Å²) in [4.78, 5) is 0. The van der Waals surface area contributed by atoms with E-state index in [1.54, 1.807) is 0 Å². The minimum absolute atomic E-state index is 0.455. The summed E-state index contributed by atoms with van der Waals surface area (Å²) in [5, 5.41) is 6.98. The molecule has 15 heavy (non-hydrogen) atoms. The van der Waals surface area contributed by atoms with Crippen molar-refractivity contribution in [3.8, 4) is 0 Å². The maximum atomic E-state index is 5.98. The van der Waals surface area contributed by atoms with Crippen LogP contribution in [0, 0.1) is 5.92 Å². The van der Waals surface area contributed by atoms with Crippen molar-refractivity contribution in [1.82, 2.24) is 5.32 Å². The topological polar surface area (TPSA) is 50.1 Å². The van der Waals surface area contributed by atoms with E-state index in [0.29, 0.717) is 12.0 Å². The van der Waals surface area contributed by atoms with E-state index in [4.69, 9.17) is 5.73 Å². The predicted molar refractivity (Wildman–Crippen MR) is 64.8 cm³/mol. The molecule has 82 valence electrons. The predicted octanol–water partition coefficient (Wildman–Crippen LogP) is 1.81. The molecule has 3 heteroatoms. The Bertz CT molecular complexity index is 347. The molecule has 0 bridgehead atoms. The first-order valence-electron chi connectivity index (χ1n) is 5.53. The molecule has 0 saturated heterocycles. The summed E-state index contributed by atoms with van der Waals surface area (Å²) >= 11 is 0. The van der Waals surface area contributed by atoms with Crippen LogP contribution in [-0.2, 0) is 6.54 Å². The number of nitrogens with two attached hydrogens (primary N) is 1. The molecule has 0 aromatic heterocycles. The van der Waals surface area contributed by atoms with Gasteiger partial charge in [-0.05, 0) is 17.5 Å². The molecular weight excluding hydrogens is 186 g/mol. The average molecular weight is 205 g/mol. The Kier molecular flexibility index (Phi) is 2.82. The third-order valence-corrected chi connectivity index (χ3v) is 3.00. The molecule has 3 nitrogen and oxygen atoms in total. The Morgan fingerprint density at radius 3 is 2.93 bits per heavy atom. The van der Waals surface area contributed by atoms with Crippen LogP contribution >= 0.6 is 0 Å². The molecule has 0 amide bonds. The van der Waals surface area contributed by atoms with Crippen molar-refractivity contribution in [2.45, 2.75) is 26.4 Å². The molecule has 1 aliphatic rings. The number of nitrogens with one attached hydrogen (secondary N) is 2. The van der Waals surface area contributed by atoms with Crippen molar-refractivity contribution >= 4 is 11.4 Å². The number of anilines is 2. The molecule has 1 unspecified atom stereocenters. The molecule has 0 fully saturated rings. The quantitative estimate of drug-likeness (QED) is 0.613. The van der Waals surface area contributed by atoms with Crippen LogP contribution in [0.2, 0.25) is 0 Å². The van der Waals surface area contributed by atoms with Crippen LogP contribution in [0.3, 0.4) is 0 Å². The van der Waals surface area contributed by atoms with Crippen molar-refractivity contribution in [2.75, 3.05) is 17.6 Å². The van der Waals surface area contributed by atoms with Crippen molar-refractivity contribution in [1.29, 1.82) is 0 Å². The number of fused-ring (bicyclic) bond motifs is 1. The third-order valence-electron chi connectivity index (χ3n) is 3.00. The van der Waals surface area contributed by atoms with Crippen molar-refractivity contribution < 1.29 is 0 Å². The molecule has 0 aliphatic carbocycles. The first-order chi connectivity index (χ1) is 7.18. The molecule has 1 aromatic carbocycles. The van der Waals surface area contributed by atoms with E-state index in [9.17, 15) is 0 Å². The van der Waals surface area contributed by atoms with Crippen LogP contribution in [0.15, 0.2) is 18.2 Å². The van der Waals surface area contributed by atoms with E-state index in [1.165, 1.54) is 5.56 Å². The summed E-state index contributed by atoms with van der Waals surface area (Å²) in [5.74, 6) is 0.600. The minimum Gasteiger partial charge on any atom is -0.397 e. The van der Waals surface area contributed by atoms with Crippen LogP contribution in [0.5, 0.6) is 0 Å². The van der Waals surface area contributed by atoms with Crippen molar-refractivity contribution in [3.63, 3.8) is 0 Å². The third kappa shape index (κ3) is 2.07. The van der Waals surface area contributed by atoms with Gasteiger partial charge in [0.2, 0.25) is 0 Å². The summed E-state index contributed by atoms with van der Waals surface area (Å²) in [5.41, 5.74) is 9.21. The zero-order chi connectivity index (χ0) is 10.8. The van der Waals surface area contributed by atoms with E-state index < -0.39 is 0 Å². The Morgan fingerprint density at radius 2 is 2.20 bits per heavy atom. The molecule has 1 aliphatic heterocycles. The summed E-state index contributed by atoms with van der Waals surface area (Å²) in [6.07, 6.45) is 0. The smallest absolute Gasteiger partial charge is 0.0622 e. The second-order valence-electron chi connectivity index (χ2n) is 4.51. The van der Waals surface area contributed by atoms with Gasteiger partial charge in [0.05, 0.1) is 11.4 Å². The summed E-state index contributed by atoms with van der Waals surface area (Å²) in [6.45, 7) is 6.34. The molecule has 1 heterocycles. The SMILES string of the molecule is CC(C)C1CNCc2cccc(N)c2N1. The largest absolute Gasteiger partial charge is 0.397 e. The lowest BCUT2D eigenvalue weighted by atomic mass is 10.0. The zero-order valence-electron chi connectivity index (χ0n) is 9.38. The Morgan fingerprint density at radius 1 is 1.40 bits per heavy atom. The van der Waals surface area contributed by atoms with Crippen LogP contribution in [-0.4, -0.2) is 12.6 Å². The monoisotopic (exact) mass is 205 g/mol. The normalized spacial score (nSPS) is 20.6. The Balaban J connectivity index is 2.31. The molecule has 2 rings (SSSR count). The molecule has 0 radical (unpaired) electrons. The van der Waals surface area contributed by atoms with Gasteiger partial charge in [-0.25, -0.2) is 0 Å². The average Bonchev–Trinajstić information content (AvgIpc) is 2.40. The lowest BCUT2D eigenvalue weighted by Gasteiger charge is -2.22. The first-order valence-corrected chi connectivity index (χ1v) is 5.53. The van der Waals surface area contributed by atoms with E-state index >= 15 is 0 Å². The number of hydrogen-bond acceptors (Lipinski definition) is 3. The minimum atomic E-state index is 0.455. The van der Waals surface area contributed by atoms with Crippen LogP contribution in [0.1, 0.15) is 19.4 Å². The molecule has 0 saturated carbocycles. The maximum Gasteiger partial charge on any atom is 0.0622 e. The Labute approximate surface area is 91.1 Å². The molecule has 1 aromatic rings. The second kappa shape index (κ2) is 4.11. The zero-order valence-corrected chi connectivity index (χ0v) is 9.38. The van der Waals surface area contributed by atoms with Crippen LogP contribution < -0.4 is 16.4 Å². The fourth-order valence-corrected chi connectivity index (χ4v) is 1.94. The lowest BCUT2D eigenvalue weighted by molar-refractivity contribution is 0.493. The van der Waals surface area contributed by atoms with E-state index in [-0.39, 0.29) is 0 Å². The van der Waals surface area contributed by atoms with Gasteiger partial charge < -0.3 is 16.4 Å². The van der Waals surface area contributed by atoms with Crippen molar-refractivity contribution in [2.24, 2.45) is 5.92 Å². The fourth-order valence-electron chi connectivity index (χ4n) is 1.94. The van der Waals surface area contributed by atoms with Gasteiger partial charge in [-0.1, -0.05) is 26.0 Å². The van der Waals surface area contributed by atoms with Gasteiger partial charge in [-0.2, -0.15) is 0 Å². The lowest BCUT2D eigenvalue weighted by Crippen LogP contribution is -2.34. The van der Waals surface area contributed by atoms with E-state index in [2.05, 4.69) is 30.5 Å². The Hall–Kier alpha value is -1.22. The van der Waals surface area contributed by atoms with Gasteiger partial charge in [0.25, 0.3) is 0 Å². The molecule has 4 N–H and O–H groups in total. The standard InChI is InChI=1S/C12H19N3/c1-8(2)11-7-14-6-9-4-3-5-10(13)12(9)15-11/h3-5,8,11,14-15H,6-7,13H2,1-2H3.